The van der Waals surface area contributed by atoms with Crippen molar-refractivity contribution in [1.82, 2.24) is 10.2 Å². The van der Waals surface area contributed by atoms with Crippen LogP contribution < -0.4 is 5.32 Å². The Labute approximate surface area is 173 Å². The SMILES string of the molecule is Cc1ccc(-c2nnc(CCC(=O)OC(C)C(=O)Nc3ccccc3C#N)o2)cc1. The molecule has 1 atom stereocenters. The summed E-state index contributed by atoms with van der Waals surface area (Å²) in [6.07, 6.45) is -0.833. The van der Waals surface area contributed by atoms with Gasteiger partial charge in [0, 0.05) is 12.0 Å². The predicted octanol–water partition coefficient (Wildman–Crippen LogP) is 3.42. The second-order valence-electron chi connectivity index (χ2n) is 6.65. The number of nitrogens with one attached hydrogen (secondary N) is 1. The van der Waals surface area contributed by atoms with Crippen molar-refractivity contribution in [1.29, 1.82) is 5.26 Å². The molecule has 0 fully saturated rings. The largest absolute Gasteiger partial charge is 0.453 e. The normalized spacial score (nSPS) is 11.4. The molecule has 0 aliphatic carbocycles. The zero-order chi connectivity index (χ0) is 21.5. The quantitative estimate of drug-likeness (QED) is 0.599. The fraction of sp³-hybridized carbons (Fsp3) is 0.227. The molecule has 1 heterocycles. The highest BCUT2D eigenvalue weighted by atomic mass is 16.5. The first-order chi connectivity index (χ1) is 14.5. The van der Waals surface area contributed by atoms with E-state index in [0.29, 0.717) is 23.0 Å². The smallest absolute Gasteiger partial charge is 0.307 e. The van der Waals surface area contributed by atoms with Crippen molar-refractivity contribution < 1.29 is 18.7 Å². The lowest BCUT2D eigenvalue weighted by Gasteiger charge is -2.13. The lowest BCUT2D eigenvalue weighted by atomic mass is 10.1. The van der Waals surface area contributed by atoms with Crippen LogP contribution in [-0.2, 0) is 20.7 Å². The fourth-order valence-electron chi connectivity index (χ4n) is 2.61. The molecule has 1 aromatic heterocycles. The number of carbonyl (C=O) groups excluding carboxylic acids is 2. The van der Waals surface area contributed by atoms with Gasteiger partial charge in [-0.25, -0.2) is 0 Å². The van der Waals surface area contributed by atoms with Crippen molar-refractivity contribution in [3.05, 3.63) is 65.5 Å². The predicted molar refractivity (Wildman–Crippen MR) is 108 cm³/mol. The Morgan fingerprint density at radius 2 is 1.90 bits per heavy atom. The number of rotatable bonds is 7. The summed E-state index contributed by atoms with van der Waals surface area (Å²) in [5, 5.41) is 19.6. The molecule has 1 unspecified atom stereocenters. The topological polar surface area (TPSA) is 118 Å². The monoisotopic (exact) mass is 404 g/mol. The summed E-state index contributed by atoms with van der Waals surface area (Å²) in [6, 6.07) is 16.2. The molecule has 3 rings (SSSR count). The van der Waals surface area contributed by atoms with Crippen LogP contribution in [0.2, 0.25) is 0 Å². The van der Waals surface area contributed by atoms with E-state index in [-0.39, 0.29) is 12.8 Å². The van der Waals surface area contributed by atoms with Gasteiger partial charge in [-0.1, -0.05) is 29.8 Å². The Morgan fingerprint density at radius 1 is 1.17 bits per heavy atom. The number of para-hydroxylation sites is 1. The number of amides is 1. The van der Waals surface area contributed by atoms with Crippen LogP contribution in [0.25, 0.3) is 11.5 Å². The molecular formula is C22H20N4O4. The average molecular weight is 404 g/mol. The molecule has 152 valence electrons. The second kappa shape index (κ2) is 9.47. The first-order valence-corrected chi connectivity index (χ1v) is 9.35. The minimum absolute atomic E-state index is 0.0120. The number of ether oxygens (including phenoxy) is 1. The minimum atomic E-state index is -1.02. The van der Waals surface area contributed by atoms with Crippen molar-refractivity contribution in [3.63, 3.8) is 0 Å². The van der Waals surface area contributed by atoms with E-state index in [0.717, 1.165) is 11.1 Å². The number of anilines is 1. The van der Waals surface area contributed by atoms with Crippen molar-refractivity contribution in [2.24, 2.45) is 0 Å². The number of nitriles is 1. The summed E-state index contributed by atoms with van der Waals surface area (Å²) in [4.78, 5) is 24.3. The van der Waals surface area contributed by atoms with Gasteiger partial charge in [-0.2, -0.15) is 5.26 Å². The Hall–Kier alpha value is -3.99. The molecule has 8 nitrogen and oxygen atoms in total. The fourth-order valence-corrected chi connectivity index (χ4v) is 2.61. The van der Waals surface area contributed by atoms with Crippen LogP contribution in [-0.4, -0.2) is 28.2 Å². The van der Waals surface area contributed by atoms with E-state index in [1.807, 2.05) is 37.3 Å². The second-order valence-corrected chi connectivity index (χ2v) is 6.65. The minimum Gasteiger partial charge on any atom is -0.453 e. The van der Waals surface area contributed by atoms with Gasteiger partial charge in [0.1, 0.15) is 6.07 Å². The number of aromatic nitrogens is 2. The van der Waals surface area contributed by atoms with Crippen LogP contribution in [0, 0.1) is 18.3 Å². The standard InChI is InChI=1S/C22H20N4O4/c1-14-7-9-16(10-8-14)22-26-25-19(30-22)11-12-20(27)29-15(2)21(28)24-18-6-4-3-5-17(18)13-23/h3-10,15H,11-12H2,1-2H3,(H,24,28). The molecule has 0 saturated heterocycles. The number of hydrogen-bond acceptors (Lipinski definition) is 7. The summed E-state index contributed by atoms with van der Waals surface area (Å²) >= 11 is 0. The van der Waals surface area contributed by atoms with Crippen LogP contribution >= 0.6 is 0 Å². The van der Waals surface area contributed by atoms with E-state index in [1.165, 1.54) is 6.92 Å². The van der Waals surface area contributed by atoms with Crippen LogP contribution in [0.15, 0.2) is 52.9 Å². The van der Waals surface area contributed by atoms with Crippen molar-refractivity contribution in [3.8, 4) is 17.5 Å². The zero-order valence-electron chi connectivity index (χ0n) is 16.6. The summed E-state index contributed by atoms with van der Waals surface area (Å²) in [5.74, 6) is -0.406. The van der Waals surface area contributed by atoms with E-state index in [1.54, 1.807) is 24.3 Å². The van der Waals surface area contributed by atoms with Crippen molar-refractivity contribution >= 4 is 17.6 Å². The molecule has 3 aromatic rings. The molecule has 8 heteroatoms. The summed E-state index contributed by atoms with van der Waals surface area (Å²) in [5.41, 5.74) is 2.60. The van der Waals surface area contributed by atoms with Crippen molar-refractivity contribution in [2.45, 2.75) is 32.8 Å². The Kier molecular flexibility index (Phi) is 6.55. The Bertz CT molecular complexity index is 1080. The lowest BCUT2D eigenvalue weighted by Crippen LogP contribution is -2.30. The number of benzene rings is 2. The van der Waals surface area contributed by atoms with Crippen LogP contribution in [0.4, 0.5) is 5.69 Å². The molecule has 0 bridgehead atoms. The third-order valence-electron chi connectivity index (χ3n) is 4.29. The van der Waals surface area contributed by atoms with Crippen LogP contribution in [0.1, 0.15) is 30.4 Å². The van der Waals surface area contributed by atoms with Crippen molar-refractivity contribution in [2.75, 3.05) is 5.32 Å². The van der Waals surface area contributed by atoms with Gasteiger partial charge in [0.2, 0.25) is 11.8 Å². The molecule has 0 saturated carbocycles. The van der Waals surface area contributed by atoms with Gasteiger partial charge in [0.15, 0.2) is 6.10 Å². The van der Waals surface area contributed by atoms with E-state index in [4.69, 9.17) is 14.4 Å². The van der Waals surface area contributed by atoms with E-state index < -0.39 is 18.0 Å². The van der Waals surface area contributed by atoms with Gasteiger partial charge in [-0.15, -0.1) is 10.2 Å². The molecular weight excluding hydrogens is 384 g/mol. The maximum atomic E-state index is 12.2. The van der Waals surface area contributed by atoms with Gasteiger partial charge >= 0.3 is 5.97 Å². The molecule has 0 radical (unpaired) electrons. The molecule has 1 amide bonds. The first kappa shape index (κ1) is 20.7. The summed E-state index contributed by atoms with van der Waals surface area (Å²) in [7, 11) is 0. The maximum absolute atomic E-state index is 12.2. The molecule has 0 aliphatic rings. The van der Waals surface area contributed by atoms with Gasteiger partial charge in [0.05, 0.1) is 17.7 Å². The zero-order valence-corrected chi connectivity index (χ0v) is 16.6. The number of aryl methyl sites for hydroxylation is 2. The van der Waals surface area contributed by atoms with Crippen LogP contribution in [0.3, 0.4) is 0 Å². The van der Waals surface area contributed by atoms with Crippen LogP contribution in [0.5, 0.6) is 0 Å². The molecule has 30 heavy (non-hydrogen) atoms. The lowest BCUT2D eigenvalue weighted by molar-refractivity contribution is -0.153. The van der Waals surface area contributed by atoms with Gasteiger partial charge in [0.25, 0.3) is 5.91 Å². The Morgan fingerprint density at radius 3 is 2.63 bits per heavy atom. The molecule has 0 aliphatic heterocycles. The highest BCUT2D eigenvalue weighted by molar-refractivity contribution is 5.96. The number of esters is 1. The third-order valence-corrected chi connectivity index (χ3v) is 4.29. The molecule has 0 spiro atoms. The third kappa shape index (κ3) is 5.29. The summed E-state index contributed by atoms with van der Waals surface area (Å²) < 4.78 is 10.7. The van der Waals surface area contributed by atoms with Gasteiger partial charge in [-0.05, 0) is 38.1 Å². The van der Waals surface area contributed by atoms with E-state index in [9.17, 15) is 9.59 Å². The number of hydrogen-bond donors (Lipinski definition) is 1. The molecule has 2 aromatic carbocycles. The molecule has 1 N–H and O–H groups in total. The highest BCUT2D eigenvalue weighted by Gasteiger charge is 2.19. The average Bonchev–Trinajstić information content (AvgIpc) is 3.22. The maximum Gasteiger partial charge on any atom is 0.307 e. The first-order valence-electron chi connectivity index (χ1n) is 9.35. The van der Waals surface area contributed by atoms with Gasteiger partial charge in [-0.3, -0.25) is 9.59 Å². The number of carbonyl (C=O) groups is 2. The van der Waals surface area contributed by atoms with E-state index in [2.05, 4.69) is 15.5 Å². The Balaban J connectivity index is 1.50. The van der Waals surface area contributed by atoms with E-state index >= 15 is 0 Å². The van der Waals surface area contributed by atoms with Gasteiger partial charge < -0.3 is 14.5 Å². The highest BCUT2D eigenvalue weighted by Crippen LogP contribution is 2.19. The summed E-state index contributed by atoms with van der Waals surface area (Å²) in [6.45, 7) is 3.45. The number of nitrogens with zero attached hydrogens (tertiary/aromatic N) is 3.